The van der Waals surface area contributed by atoms with Gasteiger partial charge in [-0.2, -0.15) is 0 Å². The first kappa shape index (κ1) is 19.7. The molecule has 0 unspecified atom stereocenters. The first-order valence-electron chi connectivity index (χ1n) is 8.93. The Labute approximate surface area is 154 Å². The first-order valence-corrected chi connectivity index (χ1v) is 8.93. The summed E-state index contributed by atoms with van der Waals surface area (Å²) in [6.45, 7) is 7.26. The number of rotatable bonds is 2. The summed E-state index contributed by atoms with van der Waals surface area (Å²) in [4.78, 5) is 28.2. The molecule has 140 valence electrons. The van der Waals surface area contributed by atoms with Crippen molar-refractivity contribution in [3.05, 3.63) is 52.4 Å². The molecule has 3 rings (SSSR count). The van der Waals surface area contributed by atoms with E-state index in [2.05, 4.69) is 11.9 Å². The van der Waals surface area contributed by atoms with Crippen molar-refractivity contribution in [2.45, 2.75) is 13.8 Å². The van der Waals surface area contributed by atoms with Gasteiger partial charge in [-0.05, 0) is 30.8 Å². The Morgan fingerprint density at radius 3 is 2.08 bits per heavy atom. The van der Waals surface area contributed by atoms with Crippen molar-refractivity contribution in [1.29, 1.82) is 0 Å². The average Bonchev–Trinajstić information content (AvgIpc) is 2.67. The molecular weight excluding hydrogens is 330 g/mol. The molecule has 6 nitrogen and oxygen atoms in total. The lowest BCUT2D eigenvalue weighted by Gasteiger charge is -2.32. The molecule has 1 aromatic heterocycles. The molecule has 0 spiro atoms. The Kier molecular flexibility index (Phi) is 6.58. The van der Waals surface area contributed by atoms with Crippen LogP contribution in [0.5, 0.6) is 5.75 Å². The summed E-state index contributed by atoms with van der Waals surface area (Å²) in [5.41, 5.74) is 1.79. The molecule has 6 heteroatoms. The predicted octanol–water partition coefficient (Wildman–Crippen LogP) is 2.17. The van der Waals surface area contributed by atoms with Crippen LogP contribution < -0.4 is 5.56 Å². The summed E-state index contributed by atoms with van der Waals surface area (Å²) in [5.74, 6) is -0.245. The Morgan fingerprint density at radius 2 is 1.54 bits per heavy atom. The van der Waals surface area contributed by atoms with Crippen LogP contribution in [0, 0.1) is 0 Å². The SMILES string of the molecule is CC.CN1CCN(C(=O)c2ccc(-c3cc(O)c(=O)n(C)c3)cc2)CC1. The Hall–Kier alpha value is -2.60. The quantitative estimate of drug-likeness (QED) is 0.895. The van der Waals surface area contributed by atoms with Crippen LogP contribution in [-0.2, 0) is 7.05 Å². The maximum Gasteiger partial charge on any atom is 0.292 e. The van der Waals surface area contributed by atoms with E-state index in [0.29, 0.717) is 5.56 Å². The molecule has 1 aliphatic rings. The molecule has 1 amide bonds. The molecule has 1 aromatic carbocycles. The highest BCUT2D eigenvalue weighted by atomic mass is 16.3. The Balaban J connectivity index is 0.00000117. The topological polar surface area (TPSA) is 65.8 Å². The minimum atomic E-state index is -0.430. The summed E-state index contributed by atoms with van der Waals surface area (Å²) in [6.07, 6.45) is 1.67. The summed E-state index contributed by atoms with van der Waals surface area (Å²) >= 11 is 0. The van der Waals surface area contributed by atoms with Crippen molar-refractivity contribution >= 4 is 5.91 Å². The number of carbonyl (C=O) groups is 1. The van der Waals surface area contributed by atoms with Gasteiger partial charge in [0.05, 0.1) is 0 Å². The standard InChI is InChI=1S/C18H21N3O3.C2H6/c1-19-7-9-21(10-8-19)17(23)14-5-3-13(4-6-14)15-11-16(22)18(24)20(2)12-15;1-2/h3-6,11-12,22H,7-10H2,1-2H3;1-2H3. The molecule has 2 aromatic rings. The fourth-order valence-electron chi connectivity index (χ4n) is 2.85. The third kappa shape index (κ3) is 4.32. The van der Waals surface area contributed by atoms with Crippen LogP contribution in [-0.4, -0.2) is 58.6 Å². The third-order valence-corrected chi connectivity index (χ3v) is 4.42. The number of amides is 1. The number of carbonyl (C=O) groups excluding carboxylic acids is 1. The van der Waals surface area contributed by atoms with E-state index in [0.717, 1.165) is 37.3 Å². The maximum absolute atomic E-state index is 12.5. The van der Waals surface area contributed by atoms with Crippen molar-refractivity contribution in [3.8, 4) is 16.9 Å². The van der Waals surface area contributed by atoms with Crippen molar-refractivity contribution in [2.24, 2.45) is 7.05 Å². The van der Waals surface area contributed by atoms with Crippen LogP contribution in [0.2, 0.25) is 0 Å². The predicted molar refractivity (Wildman–Crippen MR) is 104 cm³/mol. The summed E-state index contributed by atoms with van der Waals surface area (Å²) in [7, 11) is 3.65. The summed E-state index contributed by atoms with van der Waals surface area (Å²) in [6, 6.07) is 8.70. The van der Waals surface area contributed by atoms with Gasteiger partial charge in [0.15, 0.2) is 5.75 Å². The second-order valence-electron chi connectivity index (χ2n) is 6.20. The zero-order valence-corrected chi connectivity index (χ0v) is 15.9. The van der Waals surface area contributed by atoms with Crippen LogP contribution in [0.4, 0.5) is 0 Å². The van der Waals surface area contributed by atoms with E-state index in [1.165, 1.54) is 10.6 Å². The van der Waals surface area contributed by atoms with Gasteiger partial charge in [0.1, 0.15) is 0 Å². The van der Waals surface area contributed by atoms with Crippen molar-refractivity contribution in [3.63, 3.8) is 0 Å². The minimum Gasteiger partial charge on any atom is -0.503 e. The van der Waals surface area contributed by atoms with Crippen LogP contribution in [0.1, 0.15) is 24.2 Å². The molecule has 1 N–H and O–H groups in total. The molecule has 0 saturated carbocycles. The third-order valence-electron chi connectivity index (χ3n) is 4.42. The molecule has 0 bridgehead atoms. The van der Waals surface area contributed by atoms with Gasteiger partial charge in [0.25, 0.3) is 11.5 Å². The normalized spacial score (nSPS) is 14.5. The first-order chi connectivity index (χ1) is 12.5. The van der Waals surface area contributed by atoms with Gasteiger partial charge in [-0.1, -0.05) is 26.0 Å². The van der Waals surface area contributed by atoms with E-state index < -0.39 is 5.56 Å². The minimum absolute atomic E-state index is 0.0398. The van der Waals surface area contributed by atoms with Gasteiger partial charge in [-0.3, -0.25) is 9.59 Å². The Morgan fingerprint density at radius 1 is 0.962 bits per heavy atom. The van der Waals surface area contributed by atoms with Crippen LogP contribution in [0.25, 0.3) is 11.1 Å². The van der Waals surface area contributed by atoms with E-state index >= 15 is 0 Å². The largest absolute Gasteiger partial charge is 0.503 e. The van der Waals surface area contributed by atoms with Crippen LogP contribution >= 0.6 is 0 Å². The number of aryl methyl sites for hydroxylation is 1. The fourth-order valence-corrected chi connectivity index (χ4v) is 2.85. The smallest absolute Gasteiger partial charge is 0.292 e. The van der Waals surface area contributed by atoms with Gasteiger partial charge in [0, 0.05) is 50.6 Å². The highest BCUT2D eigenvalue weighted by molar-refractivity contribution is 5.94. The number of likely N-dealkylation sites (N-methyl/N-ethyl adjacent to an activating group) is 1. The second kappa shape index (κ2) is 8.67. The van der Waals surface area contributed by atoms with Gasteiger partial charge in [0.2, 0.25) is 0 Å². The highest BCUT2D eigenvalue weighted by Crippen LogP contribution is 2.22. The molecule has 1 saturated heterocycles. The fraction of sp³-hybridized carbons (Fsp3) is 0.400. The number of pyridine rings is 1. The van der Waals surface area contributed by atoms with E-state index in [-0.39, 0.29) is 11.7 Å². The average molecular weight is 357 g/mol. The number of aromatic nitrogens is 1. The number of aromatic hydroxyl groups is 1. The second-order valence-corrected chi connectivity index (χ2v) is 6.20. The number of piperazine rings is 1. The molecular formula is C20H27N3O3. The molecule has 0 radical (unpaired) electrons. The van der Waals surface area contributed by atoms with Gasteiger partial charge in [-0.15, -0.1) is 0 Å². The Bertz CT molecular complexity index is 778. The lowest BCUT2D eigenvalue weighted by Crippen LogP contribution is -2.47. The molecule has 1 aliphatic heterocycles. The number of benzene rings is 1. The lowest BCUT2D eigenvalue weighted by molar-refractivity contribution is 0.0664. The highest BCUT2D eigenvalue weighted by Gasteiger charge is 2.20. The lowest BCUT2D eigenvalue weighted by atomic mass is 10.0. The summed E-state index contributed by atoms with van der Waals surface area (Å²) in [5, 5.41) is 9.68. The van der Waals surface area contributed by atoms with E-state index in [1.807, 2.05) is 30.9 Å². The van der Waals surface area contributed by atoms with E-state index in [1.54, 1.807) is 25.4 Å². The van der Waals surface area contributed by atoms with Crippen molar-refractivity contribution in [1.82, 2.24) is 14.4 Å². The van der Waals surface area contributed by atoms with Gasteiger partial charge in [-0.25, -0.2) is 0 Å². The van der Waals surface area contributed by atoms with Crippen LogP contribution in [0.15, 0.2) is 41.3 Å². The van der Waals surface area contributed by atoms with Gasteiger partial charge < -0.3 is 19.5 Å². The van der Waals surface area contributed by atoms with E-state index in [4.69, 9.17) is 0 Å². The number of hydrogen-bond donors (Lipinski definition) is 1. The van der Waals surface area contributed by atoms with Crippen molar-refractivity contribution in [2.75, 3.05) is 33.2 Å². The monoisotopic (exact) mass is 357 g/mol. The molecule has 0 atom stereocenters. The zero-order valence-electron chi connectivity index (χ0n) is 15.9. The molecule has 0 aliphatic carbocycles. The molecule has 1 fully saturated rings. The number of hydrogen-bond acceptors (Lipinski definition) is 4. The van der Waals surface area contributed by atoms with Gasteiger partial charge >= 0.3 is 0 Å². The van der Waals surface area contributed by atoms with Crippen molar-refractivity contribution < 1.29 is 9.90 Å². The van der Waals surface area contributed by atoms with E-state index in [9.17, 15) is 14.7 Å². The maximum atomic E-state index is 12.5. The number of nitrogens with zero attached hydrogens (tertiary/aromatic N) is 3. The van der Waals surface area contributed by atoms with Crippen LogP contribution in [0.3, 0.4) is 0 Å². The molecule has 2 heterocycles. The zero-order chi connectivity index (χ0) is 19.3. The summed E-state index contributed by atoms with van der Waals surface area (Å²) < 4.78 is 1.34. The molecule has 26 heavy (non-hydrogen) atoms.